The Morgan fingerprint density at radius 2 is 1.69 bits per heavy atom. The van der Waals surface area contributed by atoms with Crippen molar-refractivity contribution < 1.29 is 4.79 Å². The van der Waals surface area contributed by atoms with Gasteiger partial charge in [0, 0.05) is 11.7 Å². The van der Waals surface area contributed by atoms with Gasteiger partial charge in [0.05, 0.1) is 16.2 Å². The maximum Gasteiger partial charge on any atom is 0.262 e. The molecule has 1 atom stereocenters. The number of benzene rings is 2. The summed E-state index contributed by atoms with van der Waals surface area (Å²) >= 11 is 1.29. The summed E-state index contributed by atoms with van der Waals surface area (Å²) in [4.78, 5) is 30.0. The van der Waals surface area contributed by atoms with Crippen LogP contribution in [0.4, 0.5) is 5.69 Å². The van der Waals surface area contributed by atoms with Crippen LogP contribution in [-0.2, 0) is 4.79 Å². The Kier molecular flexibility index (Phi) is 5.42. The predicted molar refractivity (Wildman–Crippen MR) is 107 cm³/mol. The third kappa shape index (κ3) is 3.80. The first-order chi connectivity index (χ1) is 12.5. The predicted octanol–water partition coefficient (Wildman–Crippen LogP) is 4.10. The van der Waals surface area contributed by atoms with Crippen molar-refractivity contribution in [3.63, 3.8) is 0 Å². The molecule has 0 saturated heterocycles. The number of nitrogens with zero attached hydrogens (tertiary/aromatic N) is 2. The zero-order chi connectivity index (χ0) is 18.7. The van der Waals surface area contributed by atoms with Crippen LogP contribution in [0.1, 0.15) is 26.8 Å². The maximum atomic E-state index is 12.8. The molecule has 6 heteroatoms. The second-order valence-corrected chi connectivity index (χ2v) is 7.60. The quantitative estimate of drug-likeness (QED) is 0.545. The van der Waals surface area contributed by atoms with Crippen LogP contribution in [0.3, 0.4) is 0 Å². The van der Waals surface area contributed by atoms with Crippen molar-refractivity contribution in [3.05, 3.63) is 65.0 Å². The second-order valence-electron chi connectivity index (χ2n) is 6.30. The first-order valence-corrected chi connectivity index (χ1v) is 9.39. The molecule has 0 aliphatic heterocycles. The minimum Gasteiger partial charge on any atom is -0.325 e. The van der Waals surface area contributed by atoms with Gasteiger partial charge in [0.1, 0.15) is 0 Å². The zero-order valence-corrected chi connectivity index (χ0v) is 15.8. The van der Waals surface area contributed by atoms with Crippen LogP contribution >= 0.6 is 11.8 Å². The van der Waals surface area contributed by atoms with Gasteiger partial charge in [-0.3, -0.25) is 14.2 Å². The number of fused-ring (bicyclic) bond motifs is 1. The van der Waals surface area contributed by atoms with Gasteiger partial charge in [-0.2, -0.15) is 0 Å². The van der Waals surface area contributed by atoms with Gasteiger partial charge in [-0.15, -0.1) is 0 Å². The lowest BCUT2D eigenvalue weighted by molar-refractivity contribution is -0.115. The van der Waals surface area contributed by atoms with Gasteiger partial charge in [0.15, 0.2) is 5.16 Å². The molecule has 1 amide bonds. The number of aromatic nitrogens is 2. The molecule has 0 bridgehead atoms. The van der Waals surface area contributed by atoms with Crippen molar-refractivity contribution in [2.45, 2.75) is 37.2 Å². The molecule has 1 aromatic heterocycles. The highest BCUT2D eigenvalue weighted by atomic mass is 32.2. The Morgan fingerprint density at radius 3 is 2.38 bits per heavy atom. The van der Waals surface area contributed by atoms with Gasteiger partial charge in [-0.1, -0.05) is 42.1 Å². The van der Waals surface area contributed by atoms with Crippen molar-refractivity contribution in [1.29, 1.82) is 0 Å². The lowest BCUT2D eigenvalue weighted by atomic mass is 10.2. The number of hydrogen-bond donors (Lipinski definition) is 1. The maximum absolute atomic E-state index is 12.8. The molecule has 5 nitrogen and oxygen atoms in total. The number of amides is 1. The Labute approximate surface area is 156 Å². The topological polar surface area (TPSA) is 64.0 Å². The average Bonchev–Trinajstić information content (AvgIpc) is 2.62. The summed E-state index contributed by atoms with van der Waals surface area (Å²) in [6.45, 7) is 5.70. The Bertz CT molecular complexity index is 983. The summed E-state index contributed by atoms with van der Waals surface area (Å²) < 4.78 is 1.65. The van der Waals surface area contributed by atoms with E-state index in [9.17, 15) is 9.59 Å². The third-order valence-electron chi connectivity index (χ3n) is 3.98. The average molecular weight is 367 g/mol. The minimum absolute atomic E-state index is 0.0495. The van der Waals surface area contributed by atoms with Crippen LogP contribution in [-0.4, -0.2) is 20.7 Å². The molecule has 0 fully saturated rings. The summed E-state index contributed by atoms with van der Waals surface area (Å²) in [5.74, 6) is -0.126. The fourth-order valence-electron chi connectivity index (χ4n) is 2.64. The monoisotopic (exact) mass is 367 g/mol. The number of anilines is 1. The first kappa shape index (κ1) is 18.2. The highest BCUT2D eigenvalue weighted by Crippen LogP contribution is 2.25. The standard InChI is InChI=1S/C20H21N3O2S/c1-13(2)23-19(25)16-11-7-8-12-17(16)22-20(23)26-14(3)18(24)21-15-9-5-4-6-10-15/h4-14H,1-3H3,(H,21,24). The fraction of sp³-hybridized carbons (Fsp3) is 0.250. The van der Waals surface area contributed by atoms with Crippen LogP contribution < -0.4 is 10.9 Å². The summed E-state index contributed by atoms with van der Waals surface area (Å²) in [6.07, 6.45) is 0. The van der Waals surface area contributed by atoms with Crippen LogP contribution in [0, 0.1) is 0 Å². The summed E-state index contributed by atoms with van der Waals surface area (Å²) in [7, 11) is 0. The summed E-state index contributed by atoms with van der Waals surface area (Å²) in [5, 5.41) is 3.64. The van der Waals surface area contributed by atoms with Gasteiger partial charge >= 0.3 is 0 Å². The normalized spacial score (nSPS) is 12.3. The number of carbonyl (C=O) groups is 1. The molecule has 0 aliphatic carbocycles. The van der Waals surface area contributed by atoms with Crippen LogP contribution in [0.2, 0.25) is 0 Å². The van der Waals surface area contributed by atoms with Gasteiger partial charge < -0.3 is 5.32 Å². The molecule has 134 valence electrons. The number of thioether (sulfide) groups is 1. The van der Waals surface area contributed by atoms with Crippen LogP contribution in [0.25, 0.3) is 10.9 Å². The molecule has 1 N–H and O–H groups in total. The Morgan fingerprint density at radius 1 is 1.04 bits per heavy atom. The smallest absolute Gasteiger partial charge is 0.262 e. The lowest BCUT2D eigenvalue weighted by Gasteiger charge is -2.18. The SMILES string of the molecule is CC(Sc1nc2ccccc2c(=O)n1C(C)C)C(=O)Nc1ccccc1. The minimum atomic E-state index is -0.395. The molecule has 3 aromatic rings. The summed E-state index contributed by atoms with van der Waals surface area (Å²) in [5.41, 5.74) is 1.31. The zero-order valence-electron chi connectivity index (χ0n) is 15.0. The number of hydrogen-bond acceptors (Lipinski definition) is 4. The van der Waals surface area contributed by atoms with Gasteiger partial charge in [-0.05, 0) is 45.0 Å². The first-order valence-electron chi connectivity index (χ1n) is 8.51. The van der Waals surface area contributed by atoms with E-state index in [4.69, 9.17) is 0 Å². The van der Waals surface area contributed by atoms with E-state index in [1.54, 1.807) is 10.6 Å². The number of carbonyl (C=O) groups excluding carboxylic acids is 1. The molecule has 0 saturated carbocycles. The van der Waals surface area contributed by atoms with E-state index < -0.39 is 5.25 Å². The van der Waals surface area contributed by atoms with Crippen molar-refractivity contribution in [1.82, 2.24) is 9.55 Å². The largest absolute Gasteiger partial charge is 0.325 e. The fourth-order valence-corrected chi connectivity index (χ4v) is 3.68. The van der Waals surface area contributed by atoms with Gasteiger partial charge in [-0.25, -0.2) is 4.98 Å². The highest BCUT2D eigenvalue weighted by molar-refractivity contribution is 8.00. The Balaban J connectivity index is 1.91. The molecule has 1 heterocycles. The van der Waals surface area contributed by atoms with Crippen molar-refractivity contribution >= 4 is 34.3 Å². The van der Waals surface area contributed by atoms with Crippen molar-refractivity contribution in [2.24, 2.45) is 0 Å². The number of nitrogens with one attached hydrogen (secondary N) is 1. The van der Waals surface area contributed by atoms with E-state index in [-0.39, 0.29) is 17.5 Å². The molecule has 3 rings (SSSR count). The molecule has 0 radical (unpaired) electrons. The molecule has 26 heavy (non-hydrogen) atoms. The van der Waals surface area contributed by atoms with Crippen LogP contribution in [0.15, 0.2) is 64.5 Å². The van der Waals surface area contributed by atoms with Crippen molar-refractivity contribution in [3.8, 4) is 0 Å². The van der Waals surface area contributed by atoms with Crippen LogP contribution in [0.5, 0.6) is 0 Å². The van der Waals surface area contributed by atoms with Gasteiger partial charge in [0.2, 0.25) is 5.91 Å². The highest BCUT2D eigenvalue weighted by Gasteiger charge is 2.20. The second kappa shape index (κ2) is 7.74. The number of para-hydroxylation sites is 2. The third-order valence-corrected chi connectivity index (χ3v) is 5.05. The molecular formula is C20H21N3O2S. The van der Waals surface area contributed by atoms with E-state index in [1.165, 1.54) is 11.8 Å². The van der Waals surface area contributed by atoms with E-state index >= 15 is 0 Å². The van der Waals surface area contributed by atoms with Gasteiger partial charge in [0.25, 0.3) is 5.56 Å². The summed E-state index contributed by atoms with van der Waals surface area (Å²) in [6, 6.07) is 16.6. The van der Waals surface area contributed by atoms with E-state index in [0.29, 0.717) is 16.1 Å². The molecular weight excluding hydrogens is 346 g/mol. The molecule has 1 unspecified atom stereocenters. The van der Waals surface area contributed by atoms with E-state index in [1.807, 2.05) is 69.3 Å². The van der Waals surface area contributed by atoms with E-state index in [2.05, 4.69) is 10.3 Å². The van der Waals surface area contributed by atoms with E-state index in [0.717, 1.165) is 5.69 Å². The number of rotatable bonds is 5. The molecule has 0 spiro atoms. The molecule has 2 aromatic carbocycles. The Hall–Kier alpha value is -2.60. The van der Waals surface area contributed by atoms with Crippen molar-refractivity contribution in [2.75, 3.05) is 5.32 Å². The lowest BCUT2D eigenvalue weighted by Crippen LogP contribution is -2.28. The molecule has 0 aliphatic rings.